The second kappa shape index (κ2) is 4.15. The lowest BCUT2D eigenvalue weighted by molar-refractivity contribution is -0.136. The molecule has 1 aromatic heterocycles. The third-order valence-electron chi connectivity index (χ3n) is 1.36. The van der Waals surface area contributed by atoms with Gasteiger partial charge in [0.05, 0.1) is 6.42 Å². The summed E-state index contributed by atoms with van der Waals surface area (Å²) >= 11 is 1.49. The Morgan fingerprint density at radius 3 is 2.67 bits per heavy atom. The summed E-state index contributed by atoms with van der Waals surface area (Å²) in [4.78, 5) is 10.2. The predicted molar refractivity (Wildman–Crippen MR) is 45.2 cm³/mol. The molecule has 0 amide bonds. The van der Waals surface area contributed by atoms with Crippen LogP contribution in [0.25, 0.3) is 0 Å². The van der Waals surface area contributed by atoms with Crippen molar-refractivity contribution in [2.24, 2.45) is 0 Å². The van der Waals surface area contributed by atoms with E-state index in [4.69, 9.17) is 5.11 Å². The molecule has 0 saturated heterocycles. The molecule has 5 heteroatoms. The van der Waals surface area contributed by atoms with E-state index < -0.39 is 5.97 Å². The van der Waals surface area contributed by atoms with E-state index in [1.807, 2.05) is 6.92 Å². The fourth-order valence-corrected chi connectivity index (χ4v) is 1.53. The van der Waals surface area contributed by atoms with Gasteiger partial charge in [0.1, 0.15) is 10.0 Å². The van der Waals surface area contributed by atoms with Gasteiger partial charge in [-0.15, -0.1) is 21.5 Å². The molecule has 66 valence electrons. The van der Waals surface area contributed by atoms with E-state index in [1.165, 1.54) is 11.3 Å². The van der Waals surface area contributed by atoms with E-state index >= 15 is 0 Å². The van der Waals surface area contributed by atoms with Gasteiger partial charge in [0.25, 0.3) is 0 Å². The van der Waals surface area contributed by atoms with Gasteiger partial charge < -0.3 is 5.11 Å². The Balaban J connectivity index is 2.47. The molecule has 1 N–H and O–H groups in total. The summed E-state index contributed by atoms with van der Waals surface area (Å²) in [6.45, 7) is 2.00. The molecule has 0 saturated carbocycles. The van der Waals surface area contributed by atoms with Crippen LogP contribution in [0, 0.1) is 0 Å². The van der Waals surface area contributed by atoms with Crippen LogP contribution in [0.5, 0.6) is 0 Å². The van der Waals surface area contributed by atoms with Crippen LogP contribution in [-0.4, -0.2) is 21.3 Å². The number of aromatic nitrogens is 2. The van der Waals surface area contributed by atoms with E-state index in [2.05, 4.69) is 10.2 Å². The zero-order valence-corrected chi connectivity index (χ0v) is 7.60. The summed E-state index contributed by atoms with van der Waals surface area (Å²) in [7, 11) is 0. The monoisotopic (exact) mass is 186 g/mol. The molecule has 0 aliphatic rings. The van der Waals surface area contributed by atoms with E-state index in [0.29, 0.717) is 6.42 Å². The van der Waals surface area contributed by atoms with Crippen molar-refractivity contribution >= 4 is 17.3 Å². The number of hydrogen-bond acceptors (Lipinski definition) is 4. The first kappa shape index (κ1) is 9.12. The molecule has 4 nitrogen and oxygen atoms in total. The second-order valence-electron chi connectivity index (χ2n) is 2.34. The largest absolute Gasteiger partial charge is 0.481 e. The number of aryl methyl sites for hydroxylation is 2. The summed E-state index contributed by atoms with van der Waals surface area (Å²) < 4.78 is 0. The van der Waals surface area contributed by atoms with E-state index in [0.717, 1.165) is 16.4 Å². The average molecular weight is 186 g/mol. The Labute approximate surface area is 74.3 Å². The number of aliphatic carboxylic acids is 1. The smallest absolute Gasteiger partial charge is 0.303 e. The normalized spacial score (nSPS) is 10.1. The number of hydrogen-bond donors (Lipinski definition) is 1. The summed E-state index contributed by atoms with van der Waals surface area (Å²) in [5, 5.41) is 17.9. The van der Waals surface area contributed by atoms with Gasteiger partial charge in [0, 0.05) is 6.42 Å². The Kier molecular flexibility index (Phi) is 3.16. The van der Waals surface area contributed by atoms with Gasteiger partial charge in [0.15, 0.2) is 0 Å². The second-order valence-corrected chi connectivity index (χ2v) is 3.48. The molecule has 0 atom stereocenters. The van der Waals surface area contributed by atoms with Gasteiger partial charge in [-0.3, -0.25) is 4.79 Å². The molecule has 12 heavy (non-hydrogen) atoms. The highest BCUT2D eigenvalue weighted by molar-refractivity contribution is 7.11. The number of nitrogens with zero attached hydrogens (tertiary/aromatic N) is 2. The lowest BCUT2D eigenvalue weighted by Gasteiger charge is -1.87. The predicted octanol–water partition coefficient (Wildman–Crippen LogP) is 1.12. The minimum absolute atomic E-state index is 0.137. The fraction of sp³-hybridized carbons (Fsp3) is 0.571. The summed E-state index contributed by atoms with van der Waals surface area (Å²) in [5.74, 6) is -0.789. The Hall–Kier alpha value is -0.970. The highest BCUT2D eigenvalue weighted by atomic mass is 32.1. The van der Waals surface area contributed by atoms with Crippen LogP contribution in [0.4, 0.5) is 0 Å². The van der Waals surface area contributed by atoms with Crippen LogP contribution in [-0.2, 0) is 17.6 Å². The number of rotatable bonds is 4. The van der Waals surface area contributed by atoms with Crippen LogP contribution < -0.4 is 0 Å². The number of carboxylic acids is 1. The first-order chi connectivity index (χ1) is 5.72. The molecule has 0 aromatic carbocycles. The highest BCUT2D eigenvalue weighted by Gasteiger charge is 2.04. The Morgan fingerprint density at radius 2 is 2.17 bits per heavy atom. The van der Waals surface area contributed by atoms with Crippen molar-refractivity contribution < 1.29 is 9.90 Å². The van der Waals surface area contributed by atoms with Crippen LogP contribution in [0.15, 0.2) is 0 Å². The van der Waals surface area contributed by atoms with Gasteiger partial charge in [-0.1, -0.05) is 6.92 Å². The molecule has 0 radical (unpaired) electrons. The molecular weight excluding hydrogens is 176 g/mol. The van der Waals surface area contributed by atoms with Crippen molar-refractivity contribution in [3.8, 4) is 0 Å². The minimum atomic E-state index is -0.789. The first-order valence-electron chi connectivity index (χ1n) is 3.75. The van der Waals surface area contributed by atoms with Crippen molar-refractivity contribution in [3.63, 3.8) is 0 Å². The molecular formula is C7H10N2O2S. The number of carbonyl (C=O) groups is 1. The molecule has 1 heterocycles. The Bertz CT molecular complexity index is 272. The van der Waals surface area contributed by atoms with Crippen molar-refractivity contribution in [1.82, 2.24) is 10.2 Å². The third-order valence-corrected chi connectivity index (χ3v) is 2.49. The average Bonchev–Trinajstić information content (AvgIpc) is 2.48. The van der Waals surface area contributed by atoms with Crippen LogP contribution in [0.3, 0.4) is 0 Å². The standard InChI is InChI=1S/C7H10N2O2S/c1-2-5-8-9-6(12-5)3-4-7(10)11/h2-4H2,1H3,(H,10,11). The summed E-state index contributed by atoms with van der Waals surface area (Å²) in [5.41, 5.74) is 0. The third kappa shape index (κ3) is 2.58. The van der Waals surface area contributed by atoms with E-state index in [9.17, 15) is 4.79 Å². The lowest BCUT2D eigenvalue weighted by atomic mass is 10.3. The molecule has 0 aliphatic heterocycles. The molecule has 1 aromatic rings. The van der Waals surface area contributed by atoms with Crippen molar-refractivity contribution in [2.75, 3.05) is 0 Å². The van der Waals surface area contributed by atoms with Gasteiger partial charge >= 0.3 is 5.97 Å². The topological polar surface area (TPSA) is 63.1 Å². The minimum Gasteiger partial charge on any atom is -0.481 e. The van der Waals surface area contributed by atoms with Gasteiger partial charge in [-0.2, -0.15) is 0 Å². The quantitative estimate of drug-likeness (QED) is 0.765. The maximum Gasteiger partial charge on any atom is 0.303 e. The molecule has 0 bridgehead atoms. The number of carboxylic acid groups (broad SMARTS) is 1. The van der Waals surface area contributed by atoms with Crippen molar-refractivity contribution in [3.05, 3.63) is 10.0 Å². The van der Waals surface area contributed by atoms with Crippen molar-refractivity contribution in [1.29, 1.82) is 0 Å². The highest BCUT2D eigenvalue weighted by Crippen LogP contribution is 2.11. The van der Waals surface area contributed by atoms with Crippen molar-refractivity contribution in [2.45, 2.75) is 26.2 Å². The first-order valence-corrected chi connectivity index (χ1v) is 4.57. The zero-order valence-electron chi connectivity index (χ0n) is 6.78. The Morgan fingerprint density at radius 1 is 1.50 bits per heavy atom. The molecule has 0 fully saturated rings. The van der Waals surface area contributed by atoms with Crippen LogP contribution in [0.2, 0.25) is 0 Å². The van der Waals surface area contributed by atoms with Gasteiger partial charge in [-0.05, 0) is 6.42 Å². The van der Waals surface area contributed by atoms with Gasteiger partial charge in [-0.25, -0.2) is 0 Å². The molecule has 0 aliphatic carbocycles. The summed E-state index contributed by atoms with van der Waals surface area (Å²) in [6, 6.07) is 0. The fourth-order valence-electron chi connectivity index (χ4n) is 0.746. The van der Waals surface area contributed by atoms with Crippen LogP contribution >= 0.6 is 11.3 Å². The van der Waals surface area contributed by atoms with E-state index in [-0.39, 0.29) is 6.42 Å². The maximum absolute atomic E-state index is 10.2. The molecule has 0 unspecified atom stereocenters. The SMILES string of the molecule is CCc1nnc(CCC(=O)O)s1. The van der Waals surface area contributed by atoms with E-state index in [1.54, 1.807) is 0 Å². The molecule has 1 rings (SSSR count). The summed E-state index contributed by atoms with van der Waals surface area (Å²) in [6.07, 6.45) is 1.50. The molecule has 0 spiro atoms. The lowest BCUT2D eigenvalue weighted by Crippen LogP contribution is -1.96. The van der Waals surface area contributed by atoms with Gasteiger partial charge in [0.2, 0.25) is 0 Å². The zero-order chi connectivity index (χ0) is 8.97. The maximum atomic E-state index is 10.2. The van der Waals surface area contributed by atoms with Crippen LogP contribution in [0.1, 0.15) is 23.4 Å².